The molecule has 0 radical (unpaired) electrons. The van der Waals surface area contributed by atoms with Gasteiger partial charge in [0.15, 0.2) is 7.85 Å². The molecule has 0 aliphatic heterocycles. The Morgan fingerprint density at radius 3 is 3.00 bits per heavy atom. The van der Waals surface area contributed by atoms with Gasteiger partial charge in [0.2, 0.25) is 0 Å². The first kappa shape index (κ1) is 6.92. The van der Waals surface area contributed by atoms with E-state index in [0.717, 1.165) is 11.0 Å². The number of hydrogen-bond acceptors (Lipinski definition) is 2. The van der Waals surface area contributed by atoms with Crippen LogP contribution in [0.25, 0.3) is 11.0 Å². The minimum atomic E-state index is 0.875. The Kier molecular flexibility index (Phi) is 1.56. The third-order valence-corrected chi connectivity index (χ3v) is 1.57. The summed E-state index contributed by atoms with van der Waals surface area (Å²) < 4.78 is 1.58. The van der Waals surface area contributed by atoms with Crippen LogP contribution in [0, 0.1) is 11.9 Å². The van der Waals surface area contributed by atoms with Crippen molar-refractivity contribution in [2.24, 2.45) is 0 Å². The fourth-order valence-corrected chi connectivity index (χ4v) is 1.06. The molecule has 12 heavy (non-hydrogen) atoms. The van der Waals surface area contributed by atoms with Gasteiger partial charge in [-0.05, 0) is 12.1 Å². The highest BCUT2D eigenvalue weighted by atomic mass is 15.4. The average molecular weight is 155 g/mol. The summed E-state index contributed by atoms with van der Waals surface area (Å²) in [6.07, 6.45) is 0. The SMILES string of the molecule is BC#Cn1nnc2ccccc21. The van der Waals surface area contributed by atoms with E-state index in [4.69, 9.17) is 0 Å². The van der Waals surface area contributed by atoms with Crippen molar-refractivity contribution in [3.05, 3.63) is 24.3 Å². The fraction of sp³-hybridized carbons (Fsp3) is 0. The molecule has 0 spiro atoms. The van der Waals surface area contributed by atoms with E-state index in [9.17, 15) is 0 Å². The van der Waals surface area contributed by atoms with Gasteiger partial charge in [-0.15, -0.1) is 10.9 Å². The van der Waals surface area contributed by atoms with Gasteiger partial charge in [-0.3, -0.25) is 0 Å². The summed E-state index contributed by atoms with van der Waals surface area (Å²) in [5, 5.41) is 7.83. The topological polar surface area (TPSA) is 30.7 Å². The Balaban J connectivity index is 2.76. The third kappa shape index (κ3) is 0.959. The van der Waals surface area contributed by atoms with Crippen LogP contribution in [0.15, 0.2) is 24.3 Å². The van der Waals surface area contributed by atoms with Crippen molar-refractivity contribution in [1.82, 2.24) is 15.0 Å². The number of rotatable bonds is 0. The molecule has 56 valence electrons. The van der Waals surface area contributed by atoms with Crippen LogP contribution < -0.4 is 0 Å². The lowest BCUT2D eigenvalue weighted by Gasteiger charge is -1.87. The molecule has 1 heterocycles. The summed E-state index contributed by atoms with van der Waals surface area (Å²) in [6, 6.07) is 10.6. The van der Waals surface area contributed by atoms with Gasteiger partial charge in [0, 0.05) is 6.04 Å². The van der Waals surface area contributed by atoms with Gasteiger partial charge in [0.1, 0.15) is 11.0 Å². The first-order valence-electron chi connectivity index (χ1n) is 3.65. The molecule has 3 nitrogen and oxygen atoms in total. The second-order valence-corrected chi connectivity index (χ2v) is 2.35. The standard InChI is InChI=1S/C8H6BN3/c9-5-6-12-8-4-2-1-3-7(8)10-11-12/h1-4H,9H2. The molecule has 0 saturated heterocycles. The van der Waals surface area contributed by atoms with E-state index in [1.165, 1.54) is 0 Å². The van der Waals surface area contributed by atoms with Crippen LogP contribution in [-0.4, -0.2) is 22.8 Å². The largest absolute Gasteiger partial charge is 0.198 e. The second-order valence-electron chi connectivity index (χ2n) is 2.35. The quantitative estimate of drug-likeness (QED) is 0.390. The number of nitrogens with zero attached hydrogens (tertiary/aromatic N) is 3. The van der Waals surface area contributed by atoms with Crippen molar-refractivity contribution < 1.29 is 0 Å². The van der Waals surface area contributed by atoms with Crippen LogP contribution in [0.2, 0.25) is 0 Å². The molecule has 0 fully saturated rings. The summed E-state index contributed by atoms with van der Waals surface area (Å²) in [4.78, 5) is 0. The molecule has 0 aliphatic rings. The summed E-state index contributed by atoms with van der Waals surface area (Å²) in [6.45, 7) is 0. The Morgan fingerprint density at radius 2 is 2.17 bits per heavy atom. The number of fused-ring (bicyclic) bond motifs is 1. The first-order chi connectivity index (χ1) is 5.92. The molecule has 0 amide bonds. The zero-order chi connectivity index (χ0) is 8.39. The highest BCUT2D eigenvalue weighted by molar-refractivity contribution is 6.22. The molecule has 0 aliphatic carbocycles. The normalized spacial score (nSPS) is 9.33. The van der Waals surface area contributed by atoms with Crippen molar-refractivity contribution in [1.29, 1.82) is 0 Å². The van der Waals surface area contributed by atoms with Crippen LogP contribution in [-0.2, 0) is 0 Å². The number of para-hydroxylation sites is 1. The van der Waals surface area contributed by atoms with Gasteiger partial charge in [-0.25, -0.2) is 0 Å². The van der Waals surface area contributed by atoms with Crippen molar-refractivity contribution in [3.8, 4) is 11.9 Å². The molecular formula is C8H6BN3. The second kappa shape index (κ2) is 2.70. The molecular weight excluding hydrogens is 149 g/mol. The van der Waals surface area contributed by atoms with Crippen LogP contribution in [0.3, 0.4) is 0 Å². The molecule has 0 atom stereocenters. The first-order valence-corrected chi connectivity index (χ1v) is 3.65. The van der Waals surface area contributed by atoms with E-state index in [1.54, 1.807) is 12.5 Å². The van der Waals surface area contributed by atoms with Gasteiger partial charge < -0.3 is 0 Å². The van der Waals surface area contributed by atoms with E-state index >= 15 is 0 Å². The third-order valence-electron chi connectivity index (χ3n) is 1.57. The van der Waals surface area contributed by atoms with Crippen LogP contribution >= 0.6 is 0 Å². The lowest BCUT2D eigenvalue weighted by molar-refractivity contribution is 0.849. The summed E-state index contributed by atoms with van der Waals surface area (Å²) >= 11 is 0. The smallest absolute Gasteiger partial charge is 0.170 e. The van der Waals surface area contributed by atoms with E-state index in [0.29, 0.717) is 0 Å². The van der Waals surface area contributed by atoms with Gasteiger partial charge in [0.25, 0.3) is 0 Å². The van der Waals surface area contributed by atoms with Crippen molar-refractivity contribution in [3.63, 3.8) is 0 Å². The van der Waals surface area contributed by atoms with E-state index in [1.807, 2.05) is 24.3 Å². The maximum Gasteiger partial charge on any atom is 0.198 e. The zero-order valence-electron chi connectivity index (χ0n) is 6.65. The van der Waals surface area contributed by atoms with Crippen molar-refractivity contribution in [2.45, 2.75) is 0 Å². The molecule has 1 aromatic carbocycles. The molecule has 0 saturated carbocycles. The van der Waals surface area contributed by atoms with Gasteiger partial charge >= 0.3 is 0 Å². The van der Waals surface area contributed by atoms with Crippen molar-refractivity contribution >= 4 is 18.9 Å². The Morgan fingerprint density at radius 1 is 1.33 bits per heavy atom. The summed E-state index contributed by atoms with van der Waals surface area (Å²) in [5.74, 6) is 2.77. The molecule has 1 aromatic heterocycles. The molecule has 4 heteroatoms. The lowest BCUT2D eigenvalue weighted by atomic mass is 10.2. The van der Waals surface area contributed by atoms with Gasteiger partial charge in [-0.2, -0.15) is 4.68 Å². The zero-order valence-corrected chi connectivity index (χ0v) is 6.65. The predicted octanol–water partition coefficient (Wildman–Crippen LogP) is -0.169. The van der Waals surface area contributed by atoms with Crippen molar-refractivity contribution in [2.75, 3.05) is 0 Å². The van der Waals surface area contributed by atoms with Crippen LogP contribution in [0.4, 0.5) is 0 Å². The lowest BCUT2D eigenvalue weighted by Crippen LogP contribution is -1.90. The highest BCUT2D eigenvalue weighted by Crippen LogP contribution is 2.07. The van der Waals surface area contributed by atoms with E-state index in [-0.39, 0.29) is 0 Å². The Hall–Kier alpha value is -1.76. The predicted molar refractivity (Wildman–Crippen MR) is 49.2 cm³/mol. The highest BCUT2D eigenvalue weighted by Gasteiger charge is 1.98. The minimum absolute atomic E-state index is 0.875. The number of hydrogen-bond donors (Lipinski definition) is 0. The molecule has 0 unspecified atom stereocenters. The molecule has 0 bridgehead atoms. The minimum Gasteiger partial charge on any atom is -0.170 e. The summed E-state index contributed by atoms with van der Waals surface area (Å²) in [5.41, 5.74) is 1.83. The monoisotopic (exact) mass is 155 g/mol. The van der Waals surface area contributed by atoms with Gasteiger partial charge in [-0.1, -0.05) is 17.3 Å². The summed E-state index contributed by atoms with van der Waals surface area (Å²) in [7, 11) is 1.77. The molecule has 0 N–H and O–H groups in total. The van der Waals surface area contributed by atoms with Crippen LogP contribution in [0.1, 0.15) is 0 Å². The van der Waals surface area contributed by atoms with E-state index < -0.39 is 0 Å². The Labute approximate surface area is 70.8 Å². The molecule has 2 aromatic rings. The van der Waals surface area contributed by atoms with Crippen LogP contribution in [0.5, 0.6) is 0 Å². The number of benzene rings is 1. The average Bonchev–Trinajstić information content (AvgIpc) is 2.50. The molecule has 2 rings (SSSR count). The maximum absolute atomic E-state index is 3.95. The fourth-order valence-electron chi connectivity index (χ4n) is 1.06. The number of aromatic nitrogens is 3. The maximum atomic E-state index is 3.95. The van der Waals surface area contributed by atoms with E-state index in [2.05, 4.69) is 22.2 Å². The Bertz CT molecular complexity index is 464. The van der Waals surface area contributed by atoms with Gasteiger partial charge in [0.05, 0.1) is 0 Å².